The van der Waals surface area contributed by atoms with Crippen molar-refractivity contribution in [1.29, 1.82) is 0 Å². The van der Waals surface area contributed by atoms with Gasteiger partial charge in [0.25, 0.3) is 0 Å². The SMILES string of the molecule is CCc1ccccc1Nc1nc(N)nc(CN(C)CC(=O)OC)n1. The molecule has 0 fully saturated rings. The van der Waals surface area contributed by atoms with E-state index in [1.807, 2.05) is 24.3 Å². The zero-order chi connectivity index (χ0) is 17.5. The van der Waals surface area contributed by atoms with E-state index in [0.29, 0.717) is 18.3 Å². The van der Waals surface area contributed by atoms with Gasteiger partial charge in [0.15, 0.2) is 0 Å². The Kier molecular flexibility index (Phi) is 6.02. The number of esters is 1. The van der Waals surface area contributed by atoms with Crippen LogP contribution in [-0.4, -0.2) is 46.5 Å². The van der Waals surface area contributed by atoms with Crippen LogP contribution in [0.5, 0.6) is 0 Å². The van der Waals surface area contributed by atoms with Crippen molar-refractivity contribution in [3.05, 3.63) is 35.7 Å². The fourth-order valence-electron chi connectivity index (χ4n) is 2.22. The van der Waals surface area contributed by atoms with Gasteiger partial charge < -0.3 is 15.8 Å². The summed E-state index contributed by atoms with van der Waals surface area (Å²) >= 11 is 0. The molecule has 1 aromatic carbocycles. The third kappa shape index (κ3) is 4.88. The number of carbonyl (C=O) groups excluding carboxylic acids is 1. The number of hydrogen-bond acceptors (Lipinski definition) is 8. The molecule has 0 unspecified atom stereocenters. The van der Waals surface area contributed by atoms with Gasteiger partial charge in [0.2, 0.25) is 11.9 Å². The van der Waals surface area contributed by atoms with E-state index in [0.717, 1.165) is 17.7 Å². The fourth-order valence-corrected chi connectivity index (χ4v) is 2.22. The van der Waals surface area contributed by atoms with Gasteiger partial charge in [-0.15, -0.1) is 0 Å². The predicted octanol–water partition coefficient (Wildman–Crippen LogP) is 1.36. The lowest BCUT2D eigenvalue weighted by atomic mass is 10.1. The minimum Gasteiger partial charge on any atom is -0.468 e. The van der Waals surface area contributed by atoms with Crippen LogP contribution in [0.2, 0.25) is 0 Å². The first kappa shape index (κ1) is 17.6. The molecule has 8 nitrogen and oxygen atoms in total. The molecule has 0 amide bonds. The molecule has 3 N–H and O–H groups in total. The minimum atomic E-state index is -0.324. The number of aromatic nitrogens is 3. The third-order valence-corrected chi connectivity index (χ3v) is 3.38. The molecule has 0 aliphatic carbocycles. The van der Waals surface area contributed by atoms with Crippen molar-refractivity contribution in [1.82, 2.24) is 19.9 Å². The Labute approximate surface area is 141 Å². The maximum atomic E-state index is 11.3. The van der Waals surface area contributed by atoms with Crippen LogP contribution in [0.15, 0.2) is 24.3 Å². The molecule has 2 rings (SSSR count). The van der Waals surface area contributed by atoms with Crippen molar-refractivity contribution in [2.24, 2.45) is 0 Å². The lowest BCUT2D eigenvalue weighted by Gasteiger charge is -2.15. The summed E-state index contributed by atoms with van der Waals surface area (Å²) in [5.74, 6) is 0.660. The highest BCUT2D eigenvalue weighted by molar-refractivity contribution is 5.71. The number of nitrogen functional groups attached to an aromatic ring is 1. The molecule has 0 spiro atoms. The molecule has 0 aliphatic heterocycles. The molecular formula is C16H22N6O2. The number of methoxy groups -OCH3 is 1. The molecular weight excluding hydrogens is 308 g/mol. The summed E-state index contributed by atoms with van der Waals surface area (Å²) in [7, 11) is 3.13. The molecule has 1 aromatic heterocycles. The summed E-state index contributed by atoms with van der Waals surface area (Å²) in [6, 6.07) is 7.93. The second kappa shape index (κ2) is 8.21. The van der Waals surface area contributed by atoms with Crippen molar-refractivity contribution in [2.75, 3.05) is 31.8 Å². The highest BCUT2D eigenvalue weighted by Crippen LogP contribution is 2.19. The highest BCUT2D eigenvalue weighted by atomic mass is 16.5. The number of ether oxygens (including phenoxy) is 1. The molecule has 24 heavy (non-hydrogen) atoms. The van der Waals surface area contributed by atoms with Crippen molar-refractivity contribution in [3.63, 3.8) is 0 Å². The van der Waals surface area contributed by atoms with E-state index in [4.69, 9.17) is 5.73 Å². The van der Waals surface area contributed by atoms with Crippen LogP contribution in [-0.2, 0) is 22.5 Å². The van der Waals surface area contributed by atoms with Crippen LogP contribution in [0.4, 0.5) is 17.6 Å². The van der Waals surface area contributed by atoms with Crippen LogP contribution in [0.1, 0.15) is 18.3 Å². The zero-order valence-electron chi connectivity index (χ0n) is 14.1. The summed E-state index contributed by atoms with van der Waals surface area (Å²) in [6.45, 7) is 2.57. The van der Waals surface area contributed by atoms with E-state index in [-0.39, 0.29) is 18.5 Å². The smallest absolute Gasteiger partial charge is 0.319 e. The van der Waals surface area contributed by atoms with Crippen molar-refractivity contribution < 1.29 is 9.53 Å². The van der Waals surface area contributed by atoms with Gasteiger partial charge in [0, 0.05) is 5.69 Å². The normalized spacial score (nSPS) is 10.7. The second-order valence-corrected chi connectivity index (χ2v) is 5.32. The Bertz CT molecular complexity index is 707. The zero-order valence-corrected chi connectivity index (χ0v) is 14.1. The van der Waals surface area contributed by atoms with Crippen molar-refractivity contribution >= 4 is 23.6 Å². The van der Waals surface area contributed by atoms with Gasteiger partial charge in [-0.25, -0.2) is 0 Å². The van der Waals surface area contributed by atoms with E-state index in [9.17, 15) is 4.79 Å². The van der Waals surface area contributed by atoms with Crippen molar-refractivity contribution in [3.8, 4) is 0 Å². The molecule has 0 atom stereocenters. The summed E-state index contributed by atoms with van der Waals surface area (Å²) in [5, 5.41) is 3.18. The van der Waals surface area contributed by atoms with Gasteiger partial charge >= 0.3 is 5.97 Å². The van der Waals surface area contributed by atoms with E-state index in [1.54, 1.807) is 11.9 Å². The fraction of sp³-hybridized carbons (Fsp3) is 0.375. The number of aryl methyl sites for hydroxylation is 1. The molecule has 128 valence electrons. The lowest BCUT2D eigenvalue weighted by molar-refractivity contribution is -0.141. The average Bonchev–Trinajstić information content (AvgIpc) is 2.54. The third-order valence-electron chi connectivity index (χ3n) is 3.38. The maximum absolute atomic E-state index is 11.3. The molecule has 1 heterocycles. The summed E-state index contributed by atoms with van der Waals surface area (Å²) in [5.41, 5.74) is 7.86. The Balaban J connectivity index is 2.15. The van der Waals surface area contributed by atoms with Gasteiger partial charge in [-0.2, -0.15) is 15.0 Å². The maximum Gasteiger partial charge on any atom is 0.319 e. The standard InChI is InChI=1S/C16H22N6O2/c1-4-11-7-5-6-8-12(11)18-16-20-13(19-15(17)21-16)9-22(2)10-14(23)24-3/h5-8H,4,9-10H2,1-3H3,(H3,17,18,19,20,21). The summed E-state index contributed by atoms with van der Waals surface area (Å²) in [4.78, 5) is 25.7. The number of benzene rings is 1. The summed E-state index contributed by atoms with van der Waals surface area (Å²) < 4.78 is 4.64. The number of rotatable bonds is 7. The number of nitrogens with zero attached hydrogens (tertiary/aromatic N) is 4. The molecule has 0 saturated heterocycles. The van der Waals surface area contributed by atoms with Crippen molar-refractivity contribution in [2.45, 2.75) is 19.9 Å². The van der Waals surface area contributed by atoms with Crippen LogP contribution < -0.4 is 11.1 Å². The highest BCUT2D eigenvalue weighted by Gasteiger charge is 2.11. The van der Waals surface area contributed by atoms with Crippen LogP contribution in [0, 0.1) is 0 Å². The van der Waals surface area contributed by atoms with E-state index >= 15 is 0 Å². The van der Waals surface area contributed by atoms with Gasteiger partial charge in [-0.05, 0) is 25.1 Å². The largest absolute Gasteiger partial charge is 0.468 e. The lowest BCUT2D eigenvalue weighted by Crippen LogP contribution is -2.27. The van der Waals surface area contributed by atoms with E-state index in [1.165, 1.54) is 7.11 Å². The van der Waals surface area contributed by atoms with Crippen LogP contribution in [0.3, 0.4) is 0 Å². The Morgan fingerprint density at radius 1 is 1.29 bits per heavy atom. The molecule has 0 bridgehead atoms. The molecule has 0 radical (unpaired) electrons. The molecule has 0 saturated carbocycles. The predicted molar refractivity (Wildman–Crippen MR) is 91.7 cm³/mol. The second-order valence-electron chi connectivity index (χ2n) is 5.32. The first-order chi connectivity index (χ1) is 11.5. The number of anilines is 3. The Morgan fingerprint density at radius 2 is 2.04 bits per heavy atom. The monoisotopic (exact) mass is 330 g/mol. The quantitative estimate of drug-likeness (QED) is 0.733. The van der Waals surface area contributed by atoms with Gasteiger partial charge in [0.05, 0.1) is 20.2 Å². The average molecular weight is 330 g/mol. The Hall–Kier alpha value is -2.74. The number of likely N-dealkylation sites (N-methyl/N-ethyl adjacent to an activating group) is 1. The number of nitrogens with two attached hydrogens (primary N) is 1. The first-order valence-electron chi connectivity index (χ1n) is 7.62. The topological polar surface area (TPSA) is 106 Å². The number of carbonyl (C=O) groups is 1. The van der Waals surface area contributed by atoms with Crippen LogP contribution in [0.25, 0.3) is 0 Å². The summed E-state index contributed by atoms with van der Waals surface area (Å²) in [6.07, 6.45) is 0.887. The molecule has 0 aliphatic rings. The van der Waals surface area contributed by atoms with E-state index in [2.05, 4.69) is 31.9 Å². The number of hydrogen-bond donors (Lipinski definition) is 2. The Morgan fingerprint density at radius 3 is 2.75 bits per heavy atom. The van der Waals surface area contributed by atoms with E-state index < -0.39 is 0 Å². The van der Waals surface area contributed by atoms with Crippen LogP contribution >= 0.6 is 0 Å². The minimum absolute atomic E-state index is 0.128. The van der Waals surface area contributed by atoms with Gasteiger partial charge in [0.1, 0.15) is 5.82 Å². The first-order valence-corrected chi connectivity index (χ1v) is 7.62. The van der Waals surface area contributed by atoms with Gasteiger partial charge in [-0.3, -0.25) is 9.69 Å². The van der Waals surface area contributed by atoms with Gasteiger partial charge in [-0.1, -0.05) is 25.1 Å². The molecule has 2 aromatic rings. The number of para-hydroxylation sites is 1. The number of nitrogens with one attached hydrogen (secondary N) is 1. The molecule has 8 heteroatoms.